The maximum absolute atomic E-state index is 13.2. The SMILES string of the molecule is COC(=O)CCc1c(C(=O)O)[nH]c(Cc2[nH]c(C(=O)OCC(Br)(Br)Br)c(CCC(=O)OC)c2CC(=O)OC)c1CC(=O)OC. The van der Waals surface area contributed by atoms with Gasteiger partial charge in [-0.05, 0) is 35.1 Å². The normalized spacial score (nSPS) is 11.1. The third-order valence-electron chi connectivity index (χ3n) is 6.46. The Morgan fingerprint density at radius 1 is 0.659 bits per heavy atom. The molecule has 0 aliphatic carbocycles. The van der Waals surface area contributed by atoms with E-state index in [1.165, 1.54) is 28.4 Å². The molecule has 0 radical (unpaired) electrons. The van der Waals surface area contributed by atoms with Gasteiger partial charge in [-0.25, -0.2) is 9.59 Å². The molecule has 0 aromatic carbocycles. The Morgan fingerprint density at radius 2 is 1.07 bits per heavy atom. The first kappa shape index (κ1) is 37.0. The first-order valence-corrected chi connectivity index (χ1v) is 15.2. The van der Waals surface area contributed by atoms with E-state index in [0.29, 0.717) is 5.56 Å². The molecule has 14 nitrogen and oxygen atoms in total. The van der Waals surface area contributed by atoms with Crippen molar-refractivity contribution in [3.63, 3.8) is 0 Å². The topological polar surface area (TPSA) is 200 Å². The molecule has 17 heteroatoms. The maximum atomic E-state index is 13.2. The number of rotatable bonds is 15. The number of aromatic amines is 2. The lowest BCUT2D eigenvalue weighted by Crippen LogP contribution is -2.18. The summed E-state index contributed by atoms with van der Waals surface area (Å²) in [6, 6.07) is 0. The molecular weight excluding hydrogens is 784 g/mol. The van der Waals surface area contributed by atoms with Gasteiger partial charge in [0.05, 0.1) is 41.3 Å². The van der Waals surface area contributed by atoms with Crippen LogP contribution in [0.1, 0.15) is 67.5 Å². The molecule has 0 aliphatic rings. The van der Waals surface area contributed by atoms with Crippen molar-refractivity contribution in [1.29, 1.82) is 0 Å². The van der Waals surface area contributed by atoms with Gasteiger partial charge in [-0.2, -0.15) is 0 Å². The van der Waals surface area contributed by atoms with Crippen molar-refractivity contribution in [3.8, 4) is 0 Å². The number of esters is 5. The van der Waals surface area contributed by atoms with E-state index in [1.807, 2.05) is 0 Å². The highest BCUT2D eigenvalue weighted by Crippen LogP contribution is 2.34. The van der Waals surface area contributed by atoms with Gasteiger partial charge in [0.1, 0.15) is 18.0 Å². The number of carboxylic acids is 1. The summed E-state index contributed by atoms with van der Waals surface area (Å²) in [5, 5.41) is 9.93. The first-order valence-electron chi connectivity index (χ1n) is 12.8. The number of carbonyl (C=O) groups is 6. The van der Waals surface area contributed by atoms with Crippen LogP contribution in [0.4, 0.5) is 0 Å². The number of H-pyrrole nitrogens is 2. The molecule has 0 saturated carbocycles. The molecule has 0 unspecified atom stereocenters. The molecular formula is C27H31Br3N2O12. The van der Waals surface area contributed by atoms with Crippen LogP contribution < -0.4 is 0 Å². The van der Waals surface area contributed by atoms with Gasteiger partial charge in [0, 0.05) is 30.7 Å². The van der Waals surface area contributed by atoms with Crippen LogP contribution in [0.25, 0.3) is 0 Å². The smallest absolute Gasteiger partial charge is 0.355 e. The molecule has 0 saturated heterocycles. The Morgan fingerprint density at radius 3 is 1.45 bits per heavy atom. The number of hydrogen-bond donors (Lipinski definition) is 3. The summed E-state index contributed by atoms with van der Waals surface area (Å²) in [6.07, 6.45) is -1.18. The van der Waals surface area contributed by atoms with Gasteiger partial charge in [-0.3, -0.25) is 19.2 Å². The average Bonchev–Trinajstić information content (AvgIpc) is 3.49. The van der Waals surface area contributed by atoms with Crippen molar-refractivity contribution in [2.75, 3.05) is 35.0 Å². The quantitative estimate of drug-likeness (QED) is 0.135. The highest BCUT2D eigenvalue weighted by atomic mass is 80.0. The van der Waals surface area contributed by atoms with Crippen LogP contribution in [0.15, 0.2) is 0 Å². The van der Waals surface area contributed by atoms with E-state index in [2.05, 4.69) is 62.5 Å². The number of aromatic nitrogens is 2. The Hall–Kier alpha value is -3.18. The number of halogens is 3. The Labute approximate surface area is 277 Å². The molecule has 242 valence electrons. The van der Waals surface area contributed by atoms with Crippen LogP contribution >= 0.6 is 47.8 Å². The van der Waals surface area contributed by atoms with Crippen molar-refractivity contribution in [2.45, 2.75) is 47.1 Å². The van der Waals surface area contributed by atoms with E-state index in [4.69, 9.17) is 18.9 Å². The number of carboxylic acid groups (broad SMARTS) is 1. The average molecular weight is 815 g/mol. The molecule has 0 bridgehead atoms. The predicted octanol–water partition coefficient (Wildman–Crippen LogP) is 3.27. The molecule has 2 aromatic heterocycles. The second kappa shape index (κ2) is 16.8. The van der Waals surface area contributed by atoms with Crippen LogP contribution in [0.2, 0.25) is 0 Å². The zero-order chi connectivity index (χ0) is 33.2. The van der Waals surface area contributed by atoms with Crippen molar-refractivity contribution >= 4 is 83.6 Å². The van der Waals surface area contributed by atoms with Gasteiger partial charge in [0.25, 0.3) is 0 Å². The summed E-state index contributed by atoms with van der Waals surface area (Å²) < 4.78 is 23.6. The fourth-order valence-electron chi connectivity index (χ4n) is 4.39. The number of methoxy groups -OCH3 is 4. The van der Waals surface area contributed by atoms with E-state index in [1.54, 1.807) is 0 Å². The number of nitrogens with one attached hydrogen (secondary N) is 2. The fraction of sp³-hybridized carbons (Fsp3) is 0.481. The second-order valence-electron chi connectivity index (χ2n) is 9.20. The van der Waals surface area contributed by atoms with Crippen LogP contribution in [0.3, 0.4) is 0 Å². The lowest BCUT2D eigenvalue weighted by atomic mass is 9.96. The third-order valence-corrected chi connectivity index (χ3v) is 7.15. The van der Waals surface area contributed by atoms with Crippen LogP contribution in [-0.4, -0.2) is 88.1 Å². The molecule has 0 atom stereocenters. The molecule has 0 aliphatic heterocycles. The molecule has 0 spiro atoms. The zero-order valence-corrected chi connectivity index (χ0v) is 29.0. The molecule has 0 amide bonds. The Kier molecular flexibility index (Phi) is 14.1. The molecule has 44 heavy (non-hydrogen) atoms. The minimum Gasteiger partial charge on any atom is -0.477 e. The molecule has 2 rings (SSSR count). The van der Waals surface area contributed by atoms with Gasteiger partial charge in [0.2, 0.25) is 0 Å². The summed E-state index contributed by atoms with van der Waals surface area (Å²) in [4.78, 5) is 80.0. The van der Waals surface area contributed by atoms with Gasteiger partial charge in [0.15, 0.2) is 2.14 Å². The Bertz CT molecular complexity index is 1410. The molecule has 2 aromatic rings. The third kappa shape index (κ3) is 10.5. The van der Waals surface area contributed by atoms with Crippen molar-refractivity contribution in [2.24, 2.45) is 0 Å². The number of aromatic carboxylic acids is 1. The summed E-state index contributed by atoms with van der Waals surface area (Å²) in [5.74, 6) is -4.63. The molecule has 0 fully saturated rings. The second-order valence-corrected chi connectivity index (χ2v) is 16.5. The number of hydrogen-bond acceptors (Lipinski definition) is 11. The largest absolute Gasteiger partial charge is 0.477 e. The van der Waals surface area contributed by atoms with Gasteiger partial charge in [-0.1, -0.05) is 47.8 Å². The van der Waals surface area contributed by atoms with E-state index in [0.717, 1.165) is 0 Å². The van der Waals surface area contributed by atoms with E-state index < -0.39 is 38.0 Å². The van der Waals surface area contributed by atoms with Crippen molar-refractivity contribution in [3.05, 3.63) is 45.0 Å². The summed E-state index contributed by atoms with van der Waals surface area (Å²) in [7, 11) is 4.77. The van der Waals surface area contributed by atoms with E-state index >= 15 is 0 Å². The van der Waals surface area contributed by atoms with Crippen LogP contribution in [0, 0.1) is 0 Å². The van der Waals surface area contributed by atoms with E-state index in [-0.39, 0.29) is 91.0 Å². The summed E-state index contributed by atoms with van der Waals surface area (Å²) in [6.45, 7) is -0.172. The molecule has 2 heterocycles. The van der Waals surface area contributed by atoms with Gasteiger partial charge in [-0.15, -0.1) is 0 Å². The van der Waals surface area contributed by atoms with Gasteiger partial charge >= 0.3 is 35.8 Å². The fourth-order valence-corrected chi connectivity index (χ4v) is 4.74. The minimum atomic E-state index is -1.34. The zero-order valence-electron chi connectivity index (χ0n) is 24.2. The predicted molar refractivity (Wildman–Crippen MR) is 163 cm³/mol. The van der Waals surface area contributed by atoms with Crippen LogP contribution in [-0.2, 0) is 75.0 Å². The van der Waals surface area contributed by atoms with Crippen molar-refractivity contribution in [1.82, 2.24) is 9.97 Å². The van der Waals surface area contributed by atoms with Gasteiger partial charge < -0.3 is 38.8 Å². The summed E-state index contributed by atoms with van der Waals surface area (Å²) >= 11 is 9.74. The highest BCUT2D eigenvalue weighted by Gasteiger charge is 2.30. The van der Waals surface area contributed by atoms with Crippen LogP contribution in [0.5, 0.6) is 0 Å². The monoisotopic (exact) mass is 812 g/mol. The number of ether oxygens (including phenoxy) is 5. The maximum Gasteiger partial charge on any atom is 0.355 e. The standard InChI is InChI=1S/C27H31Br3N2O12/c1-40-19(33)7-5-13-15(9-21(35)42-3)17(31-23(13)25(37)38)11-18-16(10-22(36)43-4)14(6-8-20(34)41-2)24(32-18)26(39)44-12-27(28,29)30/h31-32H,5-12H2,1-4H3,(H,37,38). The minimum absolute atomic E-state index is 0.0213. The molecule has 3 N–H and O–H groups in total. The van der Waals surface area contributed by atoms with Crippen molar-refractivity contribution < 1.29 is 57.6 Å². The van der Waals surface area contributed by atoms with E-state index in [9.17, 15) is 33.9 Å². The summed E-state index contributed by atoms with van der Waals surface area (Å²) in [5.41, 5.74) is 1.28. The lowest BCUT2D eigenvalue weighted by molar-refractivity contribution is -0.141. The lowest BCUT2D eigenvalue weighted by Gasteiger charge is -2.13. The first-order chi connectivity index (χ1) is 20.6. The number of carbonyl (C=O) groups excluding carboxylic acids is 5. The highest BCUT2D eigenvalue weighted by molar-refractivity contribution is 9.39. The number of alkyl halides is 3. The Balaban J connectivity index is 2.77.